The van der Waals surface area contributed by atoms with Gasteiger partial charge in [0.15, 0.2) is 11.4 Å². The van der Waals surface area contributed by atoms with Gasteiger partial charge in [-0.15, -0.1) is 5.10 Å². The van der Waals surface area contributed by atoms with Crippen LogP contribution in [0.5, 0.6) is 5.75 Å². The van der Waals surface area contributed by atoms with Gasteiger partial charge < -0.3 is 10.4 Å². The summed E-state index contributed by atoms with van der Waals surface area (Å²) in [7, 11) is 0. The SMILES string of the molecule is Cc1ccc(-n2nc(C(=O)NC3CCCN(Cc4cn([C@H](C)c5ccc(F)c(Br)c5)nn4)C3)c(O)cc2=O)cc1. The van der Waals surface area contributed by atoms with Crippen molar-refractivity contribution in [3.05, 3.63) is 97.9 Å². The first kappa shape index (κ1) is 27.7. The number of nitrogens with one attached hydrogen (secondary N) is 1. The average molecular weight is 610 g/mol. The fourth-order valence-electron chi connectivity index (χ4n) is 4.78. The molecule has 0 radical (unpaired) electrons. The molecule has 0 saturated carbocycles. The Labute approximate surface area is 238 Å². The maximum absolute atomic E-state index is 13.6. The highest BCUT2D eigenvalue weighted by molar-refractivity contribution is 9.10. The second-order valence-electron chi connectivity index (χ2n) is 10.1. The number of carbonyl (C=O) groups is 1. The minimum absolute atomic E-state index is 0.130. The third-order valence-corrected chi connectivity index (χ3v) is 7.62. The summed E-state index contributed by atoms with van der Waals surface area (Å²) in [5.41, 5.74) is 2.47. The maximum Gasteiger partial charge on any atom is 0.275 e. The van der Waals surface area contributed by atoms with Crippen LogP contribution in [0.15, 0.2) is 64.0 Å². The number of piperidine rings is 1. The molecule has 1 amide bonds. The van der Waals surface area contributed by atoms with Crippen LogP contribution in [-0.2, 0) is 6.54 Å². The number of benzene rings is 2. The van der Waals surface area contributed by atoms with E-state index in [1.54, 1.807) is 28.9 Å². The van der Waals surface area contributed by atoms with Gasteiger partial charge in [-0.3, -0.25) is 14.5 Å². The van der Waals surface area contributed by atoms with Crippen LogP contribution in [0.2, 0.25) is 0 Å². The zero-order chi connectivity index (χ0) is 28.4. The molecule has 1 unspecified atom stereocenters. The molecule has 3 heterocycles. The monoisotopic (exact) mass is 609 g/mol. The second kappa shape index (κ2) is 11.7. The van der Waals surface area contributed by atoms with Crippen LogP contribution < -0.4 is 10.9 Å². The largest absolute Gasteiger partial charge is 0.505 e. The number of aryl methyl sites for hydroxylation is 1. The Morgan fingerprint density at radius 2 is 2.00 bits per heavy atom. The van der Waals surface area contributed by atoms with Gasteiger partial charge in [0.25, 0.3) is 11.5 Å². The van der Waals surface area contributed by atoms with Gasteiger partial charge in [0.05, 0.1) is 28.1 Å². The molecule has 0 aliphatic carbocycles. The third-order valence-electron chi connectivity index (χ3n) is 7.01. The maximum atomic E-state index is 13.6. The highest BCUT2D eigenvalue weighted by atomic mass is 79.9. The molecule has 0 spiro atoms. The lowest BCUT2D eigenvalue weighted by Crippen LogP contribution is -2.47. The molecule has 208 valence electrons. The number of amides is 1. The first-order valence-corrected chi connectivity index (χ1v) is 13.8. The third kappa shape index (κ3) is 6.13. The van der Waals surface area contributed by atoms with Crippen molar-refractivity contribution < 1.29 is 14.3 Å². The van der Waals surface area contributed by atoms with Gasteiger partial charge in [0, 0.05) is 25.2 Å². The summed E-state index contributed by atoms with van der Waals surface area (Å²) in [4.78, 5) is 27.7. The fraction of sp³-hybridized carbons (Fsp3) is 0.321. The summed E-state index contributed by atoms with van der Waals surface area (Å²) in [6.07, 6.45) is 3.51. The van der Waals surface area contributed by atoms with Crippen LogP contribution in [0.4, 0.5) is 4.39 Å². The lowest BCUT2D eigenvalue weighted by Gasteiger charge is -2.32. The van der Waals surface area contributed by atoms with Crippen LogP contribution in [0.25, 0.3) is 5.69 Å². The van der Waals surface area contributed by atoms with Crippen molar-refractivity contribution in [2.75, 3.05) is 13.1 Å². The second-order valence-corrected chi connectivity index (χ2v) is 10.9. The van der Waals surface area contributed by atoms with Gasteiger partial charge in [-0.25, -0.2) is 9.07 Å². The predicted octanol–water partition coefficient (Wildman–Crippen LogP) is 3.74. The highest BCUT2D eigenvalue weighted by Gasteiger charge is 2.25. The van der Waals surface area contributed by atoms with Crippen molar-refractivity contribution in [2.24, 2.45) is 0 Å². The number of likely N-dealkylation sites (tertiary alicyclic amines) is 1. The molecule has 1 aliphatic rings. The lowest BCUT2D eigenvalue weighted by molar-refractivity contribution is 0.0890. The van der Waals surface area contributed by atoms with Gasteiger partial charge in [0.2, 0.25) is 0 Å². The first-order chi connectivity index (χ1) is 19.2. The number of aromatic hydroxyl groups is 1. The van der Waals surface area contributed by atoms with Crippen LogP contribution >= 0.6 is 15.9 Å². The summed E-state index contributed by atoms with van der Waals surface area (Å²) in [5, 5.41) is 26.0. The molecule has 1 aliphatic heterocycles. The molecular formula is C28H29BrFN7O3. The van der Waals surface area contributed by atoms with E-state index in [4.69, 9.17) is 0 Å². The van der Waals surface area contributed by atoms with Crippen LogP contribution in [0.3, 0.4) is 0 Å². The summed E-state index contributed by atoms with van der Waals surface area (Å²) >= 11 is 3.23. The topological polar surface area (TPSA) is 118 Å². The molecular weight excluding hydrogens is 581 g/mol. The molecule has 12 heteroatoms. The van der Waals surface area contributed by atoms with E-state index in [-0.39, 0.29) is 23.6 Å². The first-order valence-electron chi connectivity index (χ1n) is 13.0. The minimum atomic E-state index is -0.546. The Balaban J connectivity index is 1.23. The van der Waals surface area contributed by atoms with Gasteiger partial charge in [-0.1, -0.05) is 29.0 Å². The lowest BCUT2D eigenvalue weighted by atomic mass is 10.1. The normalized spacial score (nSPS) is 16.6. The number of hydrogen-bond donors (Lipinski definition) is 2. The molecule has 0 bridgehead atoms. The van der Waals surface area contributed by atoms with E-state index in [1.807, 2.05) is 32.2 Å². The summed E-state index contributed by atoms with van der Waals surface area (Å²) in [6, 6.07) is 12.7. The summed E-state index contributed by atoms with van der Waals surface area (Å²) < 4.78 is 16.9. The standard InChI is InChI=1S/C28H29BrFN7O3/c1-17-5-8-22(9-6-17)37-26(39)13-25(38)27(33-37)28(40)31-20-4-3-11-35(14-20)15-21-16-36(34-32-21)18(2)19-7-10-24(30)23(29)12-19/h5-10,12-13,16,18,20,38H,3-4,11,14-15H2,1-2H3,(H,31,40)/t18-,20?/m1/s1. The number of hydrogen-bond acceptors (Lipinski definition) is 7. The van der Waals surface area contributed by atoms with Crippen LogP contribution in [-0.4, -0.2) is 59.8 Å². The molecule has 4 aromatic rings. The van der Waals surface area contributed by atoms with Crippen LogP contribution in [0.1, 0.15) is 53.1 Å². The van der Waals surface area contributed by atoms with Crippen molar-refractivity contribution in [3.63, 3.8) is 0 Å². The zero-order valence-corrected chi connectivity index (χ0v) is 23.7. The Morgan fingerprint density at radius 1 is 1.23 bits per heavy atom. The van der Waals surface area contributed by atoms with E-state index in [0.717, 1.165) is 47.0 Å². The molecule has 1 saturated heterocycles. The van der Waals surface area contributed by atoms with E-state index in [9.17, 15) is 19.1 Å². The molecule has 2 aromatic heterocycles. The van der Waals surface area contributed by atoms with E-state index < -0.39 is 17.2 Å². The van der Waals surface area contributed by atoms with Gasteiger partial charge >= 0.3 is 0 Å². The molecule has 40 heavy (non-hydrogen) atoms. The Kier molecular flexibility index (Phi) is 8.08. The van der Waals surface area contributed by atoms with E-state index in [0.29, 0.717) is 23.2 Å². The molecule has 2 N–H and O–H groups in total. The predicted molar refractivity (Wildman–Crippen MR) is 150 cm³/mol. The van der Waals surface area contributed by atoms with Gasteiger partial charge in [-0.05, 0) is 79.0 Å². The highest BCUT2D eigenvalue weighted by Crippen LogP contribution is 2.24. The van der Waals surface area contributed by atoms with Crippen LogP contribution in [0, 0.1) is 12.7 Å². The van der Waals surface area contributed by atoms with E-state index in [1.165, 1.54) is 6.07 Å². The summed E-state index contributed by atoms with van der Waals surface area (Å²) in [6.45, 7) is 5.86. The molecule has 2 aromatic carbocycles. The fourth-order valence-corrected chi connectivity index (χ4v) is 5.18. The average Bonchev–Trinajstić information content (AvgIpc) is 3.39. The molecule has 10 nitrogen and oxygen atoms in total. The summed E-state index contributed by atoms with van der Waals surface area (Å²) in [5.74, 6) is -1.33. The Hall–Kier alpha value is -3.90. The minimum Gasteiger partial charge on any atom is -0.505 e. The van der Waals surface area contributed by atoms with Crippen molar-refractivity contribution in [2.45, 2.75) is 45.3 Å². The van der Waals surface area contributed by atoms with Gasteiger partial charge in [0.1, 0.15) is 5.82 Å². The quantitative estimate of drug-likeness (QED) is 0.328. The molecule has 2 atom stereocenters. The van der Waals surface area contributed by atoms with Crippen molar-refractivity contribution >= 4 is 21.8 Å². The molecule has 1 fully saturated rings. The Bertz CT molecular complexity index is 1590. The number of carbonyl (C=O) groups excluding carboxylic acids is 1. The van der Waals surface area contributed by atoms with Gasteiger partial charge in [-0.2, -0.15) is 9.78 Å². The van der Waals surface area contributed by atoms with Crippen molar-refractivity contribution in [1.29, 1.82) is 0 Å². The molecule has 5 rings (SSSR count). The number of nitrogens with zero attached hydrogens (tertiary/aromatic N) is 6. The Morgan fingerprint density at radius 3 is 2.75 bits per heavy atom. The zero-order valence-electron chi connectivity index (χ0n) is 22.1. The van der Waals surface area contributed by atoms with E-state index in [2.05, 4.69) is 41.6 Å². The number of rotatable bonds is 7. The number of halogens is 2. The smallest absolute Gasteiger partial charge is 0.275 e. The van der Waals surface area contributed by atoms with Crippen molar-refractivity contribution in [1.82, 2.24) is 35.0 Å². The number of aromatic nitrogens is 5. The van der Waals surface area contributed by atoms with E-state index >= 15 is 0 Å². The van der Waals surface area contributed by atoms with Crippen molar-refractivity contribution in [3.8, 4) is 11.4 Å².